The van der Waals surface area contributed by atoms with E-state index >= 15 is 0 Å². The Kier molecular flexibility index (Phi) is 5.26. The predicted molar refractivity (Wildman–Crippen MR) is 192 cm³/mol. The number of benzene rings is 9. The van der Waals surface area contributed by atoms with Gasteiger partial charge >= 0.3 is 0 Å². The first kappa shape index (κ1) is 25.3. The minimum atomic E-state index is 0.00242. The van der Waals surface area contributed by atoms with Gasteiger partial charge < -0.3 is 0 Å². The predicted octanol–water partition coefficient (Wildman–Crippen LogP) is 12.7. The van der Waals surface area contributed by atoms with Crippen molar-refractivity contribution in [3.05, 3.63) is 145 Å². The molecule has 0 aliphatic heterocycles. The molecule has 0 aromatic heterocycles. The molecule has 0 amide bonds. The second-order valence-corrected chi connectivity index (χ2v) is 13.3. The highest BCUT2D eigenvalue weighted by Gasteiger charge is 2.24. The average Bonchev–Trinajstić information content (AvgIpc) is 3.05. The fourth-order valence-electron chi connectivity index (χ4n) is 7.84. The summed E-state index contributed by atoms with van der Waals surface area (Å²) in [5.41, 5.74) is 6.52. The number of fused-ring (bicyclic) bond motifs is 5. The van der Waals surface area contributed by atoms with Crippen molar-refractivity contribution >= 4 is 64.6 Å². The van der Waals surface area contributed by atoms with Gasteiger partial charge in [-0.05, 0) is 110 Å². The van der Waals surface area contributed by atoms with E-state index in [2.05, 4.69) is 160 Å². The van der Waals surface area contributed by atoms with E-state index in [-0.39, 0.29) is 5.41 Å². The van der Waals surface area contributed by atoms with E-state index in [0.717, 1.165) is 0 Å². The molecule has 9 aromatic carbocycles. The highest BCUT2D eigenvalue weighted by atomic mass is 14.3. The van der Waals surface area contributed by atoms with E-state index in [0.29, 0.717) is 0 Å². The smallest absolute Gasteiger partial charge is 0.00137 e. The highest BCUT2D eigenvalue weighted by molar-refractivity contribution is 6.38. The lowest BCUT2D eigenvalue weighted by Crippen LogP contribution is -2.11. The fraction of sp³-hybridized carbons (Fsp3) is 0.0909. The summed E-state index contributed by atoms with van der Waals surface area (Å²) in [5.74, 6) is 0. The fourth-order valence-corrected chi connectivity index (χ4v) is 7.84. The summed E-state index contributed by atoms with van der Waals surface area (Å²) in [5, 5.41) is 15.9. The molecule has 0 bridgehead atoms. The van der Waals surface area contributed by atoms with E-state index < -0.39 is 0 Å². The molecule has 0 N–H and O–H groups in total. The van der Waals surface area contributed by atoms with Crippen molar-refractivity contribution in [2.45, 2.75) is 26.2 Å². The summed E-state index contributed by atoms with van der Waals surface area (Å²) in [7, 11) is 0. The van der Waals surface area contributed by atoms with Crippen molar-refractivity contribution in [1.29, 1.82) is 0 Å². The zero-order valence-corrected chi connectivity index (χ0v) is 25.3. The molecule has 44 heavy (non-hydrogen) atoms. The molecule has 0 fully saturated rings. The summed E-state index contributed by atoms with van der Waals surface area (Å²) >= 11 is 0. The van der Waals surface area contributed by atoms with Gasteiger partial charge in [0.25, 0.3) is 0 Å². The minimum absolute atomic E-state index is 0.00242. The molecule has 9 aromatic rings. The molecule has 0 atom stereocenters. The van der Waals surface area contributed by atoms with Gasteiger partial charge in [-0.25, -0.2) is 0 Å². The van der Waals surface area contributed by atoms with Crippen LogP contribution < -0.4 is 0 Å². The Bertz CT molecular complexity index is 2550. The molecule has 0 aliphatic carbocycles. The maximum atomic E-state index is 2.51. The van der Waals surface area contributed by atoms with Crippen molar-refractivity contribution in [1.82, 2.24) is 0 Å². The van der Waals surface area contributed by atoms with Gasteiger partial charge in [0, 0.05) is 0 Å². The lowest BCUT2D eigenvalue weighted by molar-refractivity contribution is 0.596. The van der Waals surface area contributed by atoms with Crippen LogP contribution in [0.15, 0.2) is 140 Å². The minimum Gasteiger partial charge on any atom is -0.0622 e. The Morgan fingerprint density at radius 2 is 0.864 bits per heavy atom. The Balaban J connectivity index is 1.64. The Morgan fingerprint density at radius 3 is 1.52 bits per heavy atom. The molecule has 0 unspecified atom stereocenters. The molecule has 9 rings (SSSR count). The van der Waals surface area contributed by atoms with Crippen LogP contribution in [-0.4, -0.2) is 0 Å². The third-order valence-electron chi connectivity index (χ3n) is 9.68. The van der Waals surface area contributed by atoms with Crippen LogP contribution >= 0.6 is 0 Å². The molecule has 0 saturated heterocycles. The Labute approximate surface area is 257 Å². The van der Waals surface area contributed by atoms with Crippen molar-refractivity contribution in [3.8, 4) is 22.3 Å². The second-order valence-electron chi connectivity index (χ2n) is 13.3. The van der Waals surface area contributed by atoms with Crippen LogP contribution in [0.3, 0.4) is 0 Å². The summed E-state index contributed by atoms with van der Waals surface area (Å²) in [4.78, 5) is 0. The molecular weight excluding hydrogens is 528 g/mol. The Hall–Kier alpha value is -5.20. The van der Waals surface area contributed by atoms with Gasteiger partial charge in [-0.2, -0.15) is 0 Å². The van der Waals surface area contributed by atoms with Crippen LogP contribution in [0.2, 0.25) is 0 Å². The zero-order valence-electron chi connectivity index (χ0n) is 25.3. The van der Waals surface area contributed by atoms with Gasteiger partial charge in [-0.15, -0.1) is 0 Å². The van der Waals surface area contributed by atoms with Crippen LogP contribution in [0.4, 0.5) is 0 Å². The topological polar surface area (TPSA) is 0 Å². The molecule has 0 spiro atoms. The summed E-state index contributed by atoms with van der Waals surface area (Å²) in [6.45, 7) is 6.99. The molecule has 0 nitrogen and oxygen atoms in total. The van der Waals surface area contributed by atoms with Gasteiger partial charge in [-0.1, -0.05) is 148 Å². The monoisotopic (exact) mass is 560 g/mol. The number of hydrogen-bond donors (Lipinski definition) is 0. The zero-order chi connectivity index (χ0) is 29.6. The Morgan fingerprint density at radius 1 is 0.341 bits per heavy atom. The van der Waals surface area contributed by atoms with E-state index in [1.54, 1.807) is 0 Å². The first-order valence-corrected chi connectivity index (χ1v) is 15.6. The number of rotatable bonds is 2. The first-order valence-electron chi connectivity index (χ1n) is 15.6. The van der Waals surface area contributed by atoms with Crippen LogP contribution in [0.1, 0.15) is 26.3 Å². The van der Waals surface area contributed by atoms with Crippen LogP contribution in [0.5, 0.6) is 0 Å². The second kappa shape index (κ2) is 9.15. The lowest BCUT2D eigenvalue weighted by atomic mass is 9.78. The van der Waals surface area contributed by atoms with Gasteiger partial charge in [0.2, 0.25) is 0 Å². The van der Waals surface area contributed by atoms with Gasteiger partial charge in [-0.3, -0.25) is 0 Å². The van der Waals surface area contributed by atoms with Gasteiger partial charge in [0.1, 0.15) is 0 Å². The molecule has 0 heterocycles. The molecule has 208 valence electrons. The lowest BCUT2D eigenvalue weighted by Gasteiger charge is -2.25. The summed E-state index contributed by atoms with van der Waals surface area (Å²) in [6.07, 6.45) is 0. The first-order chi connectivity index (χ1) is 21.5. The molecule has 0 heteroatoms. The van der Waals surface area contributed by atoms with E-state index in [9.17, 15) is 0 Å². The van der Waals surface area contributed by atoms with Gasteiger partial charge in [0.15, 0.2) is 0 Å². The van der Waals surface area contributed by atoms with E-state index in [4.69, 9.17) is 0 Å². The van der Waals surface area contributed by atoms with Crippen molar-refractivity contribution < 1.29 is 0 Å². The largest absolute Gasteiger partial charge is 0.0622 e. The van der Waals surface area contributed by atoms with Crippen LogP contribution in [0, 0.1) is 0 Å². The van der Waals surface area contributed by atoms with Crippen LogP contribution in [-0.2, 0) is 5.41 Å². The SMILES string of the molecule is CC(C)(C)c1cccc2c(-c3ccccc3)c3cc4c5cccc6ccc7cccc(c4c(-c4ccccc4)c3cc12)c7c65. The normalized spacial score (nSPS) is 12.4. The molecular formula is C44H32. The highest BCUT2D eigenvalue weighted by Crippen LogP contribution is 2.50. The number of hydrogen-bond acceptors (Lipinski definition) is 0. The summed E-state index contributed by atoms with van der Waals surface area (Å²) in [6, 6.07) is 52.2. The van der Waals surface area contributed by atoms with Crippen molar-refractivity contribution in [3.63, 3.8) is 0 Å². The van der Waals surface area contributed by atoms with Gasteiger partial charge in [0.05, 0.1) is 0 Å². The maximum Gasteiger partial charge on any atom is -0.00137 e. The third-order valence-corrected chi connectivity index (χ3v) is 9.68. The van der Waals surface area contributed by atoms with E-state index in [1.807, 2.05) is 0 Å². The van der Waals surface area contributed by atoms with Crippen molar-refractivity contribution in [2.75, 3.05) is 0 Å². The molecule has 0 saturated carbocycles. The molecule has 0 radical (unpaired) electrons. The van der Waals surface area contributed by atoms with Crippen LogP contribution in [0.25, 0.3) is 86.9 Å². The average molecular weight is 561 g/mol. The van der Waals surface area contributed by atoms with Crippen molar-refractivity contribution in [2.24, 2.45) is 0 Å². The quantitative estimate of drug-likeness (QED) is 0.146. The van der Waals surface area contributed by atoms with E-state index in [1.165, 1.54) is 92.5 Å². The summed E-state index contributed by atoms with van der Waals surface area (Å²) < 4.78 is 0. The molecule has 0 aliphatic rings. The maximum absolute atomic E-state index is 2.51. The standard InChI is InChI=1S/C44H32/c1-44(2,3)38-22-12-20-31-34(38)25-37-36(39(31)27-13-6-4-7-14-27)26-35-32-19-10-17-29-23-24-30-18-11-21-33(41(30)40(29)32)43(35)42(37)28-15-8-5-9-16-28/h4-26H,1-3H3. The third kappa shape index (κ3) is 3.52.